The van der Waals surface area contributed by atoms with E-state index in [1.165, 1.54) is 64.7 Å². The van der Waals surface area contributed by atoms with E-state index >= 15 is 0 Å². The average molecular weight is 634 g/mol. The van der Waals surface area contributed by atoms with Crippen LogP contribution in [0.2, 0.25) is 0 Å². The first kappa shape index (κ1) is 35.3. The largest absolute Gasteiger partial charge is 0.394 e. The summed E-state index contributed by atoms with van der Waals surface area (Å²) in [5.41, 5.74) is 2.39. The Morgan fingerprint density at radius 1 is 1.02 bits per heavy atom. The summed E-state index contributed by atoms with van der Waals surface area (Å²) in [4.78, 5) is 11.7. The number of fused-ring (bicyclic) bond motifs is 5. The first-order valence-electron chi connectivity index (χ1n) is 18.2. The monoisotopic (exact) mass is 633 g/mol. The molecule has 45 heavy (non-hydrogen) atoms. The highest BCUT2D eigenvalue weighted by molar-refractivity contribution is 5.73. The second-order valence-electron chi connectivity index (χ2n) is 16.3. The predicted octanol–water partition coefficient (Wildman–Crippen LogP) is 5.37. The topological polar surface area (TPSA) is 117 Å². The van der Waals surface area contributed by atoms with Crippen LogP contribution in [0.3, 0.4) is 0 Å². The number of ether oxygens (including phenoxy) is 3. The van der Waals surface area contributed by atoms with Crippen molar-refractivity contribution in [1.82, 2.24) is 5.32 Å². The Kier molecular flexibility index (Phi) is 11.5. The van der Waals surface area contributed by atoms with E-state index in [0.29, 0.717) is 12.0 Å². The van der Waals surface area contributed by atoms with Crippen LogP contribution in [0.25, 0.3) is 0 Å². The van der Waals surface area contributed by atoms with Gasteiger partial charge in [-0.05, 0) is 97.7 Å². The minimum absolute atomic E-state index is 0.150. The number of nitrogens with one attached hydrogen (secondary N) is 1. The fourth-order valence-corrected chi connectivity index (χ4v) is 10.8. The minimum atomic E-state index is -1.32. The molecule has 3 saturated carbocycles. The molecular weight excluding hydrogens is 570 g/mol. The zero-order valence-corrected chi connectivity index (χ0v) is 28.9. The summed E-state index contributed by atoms with van der Waals surface area (Å²) in [6, 6.07) is -0.934. The smallest absolute Gasteiger partial charge is 0.217 e. The number of allylic oxidation sites excluding steroid dienone is 1. The van der Waals surface area contributed by atoms with Crippen LogP contribution in [-0.4, -0.2) is 77.8 Å². The lowest BCUT2D eigenvalue weighted by Gasteiger charge is -2.58. The summed E-state index contributed by atoms with van der Waals surface area (Å²) in [5.74, 6) is 4.63. The van der Waals surface area contributed by atoms with Crippen LogP contribution < -0.4 is 5.32 Å². The Bertz CT molecular complexity index is 1030. The minimum Gasteiger partial charge on any atom is -0.394 e. The Hall–Kier alpha value is -1.03. The van der Waals surface area contributed by atoms with Gasteiger partial charge in [0.1, 0.15) is 24.4 Å². The second-order valence-corrected chi connectivity index (χ2v) is 16.3. The van der Waals surface area contributed by atoms with E-state index in [1.807, 2.05) is 0 Å². The van der Waals surface area contributed by atoms with E-state index in [2.05, 4.69) is 46.0 Å². The number of carbonyl (C=O) groups excluding carboxylic acids is 1. The van der Waals surface area contributed by atoms with Crippen molar-refractivity contribution in [3.05, 3.63) is 11.6 Å². The molecule has 5 rings (SSSR count). The molecule has 1 unspecified atom stereocenters. The van der Waals surface area contributed by atoms with Crippen LogP contribution in [0, 0.1) is 46.3 Å². The highest BCUT2D eigenvalue weighted by Crippen LogP contribution is 2.67. The number of aliphatic hydroxyl groups is 3. The Labute approximate surface area is 272 Å². The van der Waals surface area contributed by atoms with Crippen molar-refractivity contribution in [2.75, 3.05) is 19.8 Å². The molecule has 4 N–H and O–H groups in total. The van der Waals surface area contributed by atoms with Gasteiger partial charge in [-0.2, -0.15) is 0 Å². The Balaban J connectivity index is 1.14. The standard InChI is InChI=1S/C37H63NO7/c1-22(2)8-7-9-23(3)28-12-13-29-27-11-10-25-20-26(14-16-36(25,5)30(27)15-17-37(28,29)6)43-18-19-44-35-32(38-24(4)40)34(42)33(41)31(21-39)45-35/h10,22-23,26-35,39,41-42H,7-9,11-21H2,1-6H3,(H,38,40)/t23-,26?,27+,28-,29+,30+,31-,32-,33-,34-,35-,36+,37-/m1/s1. The normalized spacial score (nSPS) is 43.6. The molecular formula is C37H63NO7. The zero-order chi connectivity index (χ0) is 32.5. The van der Waals surface area contributed by atoms with Gasteiger partial charge in [-0.25, -0.2) is 0 Å². The first-order chi connectivity index (χ1) is 21.4. The molecule has 0 bridgehead atoms. The highest BCUT2D eigenvalue weighted by atomic mass is 16.7. The van der Waals surface area contributed by atoms with Crippen LogP contribution in [0.15, 0.2) is 11.6 Å². The predicted molar refractivity (Wildman–Crippen MR) is 174 cm³/mol. The number of aliphatic hydroxyl groups excluding tert-OH is 3. The van der Waals surface area contributed by atoms with E-state index in [0.717, 1.165) is 48.3 Å². The van der Waals surface area contributed by atoms with Crippen molar-refractivity contribution in [1.29, 1.82) is 0 Å². The van der Waals surface area contributed by atoms with Gasteiger partial charge in [0.2, 0.25) is 5.91 Å². The summed E-state index contributed by atoms with van der Waals surface area (Å²) in [6.07, 6.45) is 12.3. The number of hydrogen-bond acceptors (Lipinski definition) is 7. The van der Waals surface area contributed by atoms with Crippen molar-refractivity contribution in [2.24, 2.45) is 46.3 Å². The van der Waals surface area contributed by atoms with E-state index in [4.69, 9.17) is 14.2 Å². The molecule has 0 aromatic rings. The molecule has 1 saturated heterocycles. The molecule has 0 radical (unpaired) electrons. The number of amides is 1. The van der Waals surface area contributed by atoms with Gasteiger partial charge in [-0.1, -0.05) is 65.5 Å². The summed E-state index contributed by atoms with van der Waals surface area (Å²) < 4.78 is 17.9. The van der Waals surface area contributed by atoms with E-state index < -0.39 is 37.3 Å². The van der Waals surface area contributed by atoms with Gasteiger partial charge >= 0.3 is 0 Å². The van der Waals surface area contributed by atoms with Crippen molar-refractivity contribution < 1.29 is 34.3 Å². The molecule has 4 aliphatic carbocycles. The maximum Gasteiger partial charge on any atom is 0.217 e. The lowest BCUT2D eigenvalue weighted by Crippen LogP contribution is -2.64. The molecule has 13 atom stereocenters. The summed E-state index contributed by atoms with van der Waals surface area (Å²) in [5, 5.41) is 32.9. The van der Waals surface area contributed by atoms with E-state index in [1.54, 1.807) is 5.57 Å². The molecule has 0 aromatic carbocycles. The van der Waals surface area contributed by atoms with Crippen molar-refractivity contribution in [3.63, 3.8) is 0 Å². The quantitative estimate of drug-likeness (QED) is 0.169. The molecule has 0 aromatic heterocycles. The number of carbonyl (C=O) groups is 1. The lowest BCUT2D eigenvalue weighted by atomic mass is 9.47. The highest BCUT2D eigenvalue weighted by Gasteiger charge is 2.59. The van der Waals surface area contributed by atoms with Gasteiger partial charge in [-0.3, -0.25) is 4.79 Å². The second kappa shape index (κ2) is 14.6. The Morgan fingerprint density at radius 2 is 1.78 bits per heavy atom. The van der Waals surface area contributed by atoms with E-state index in [-0.39, 0.29) is 24.0 Å². The Morgan fingerprint density at radius 3 is 2.49 bits per heavy atom. The molecule has 258 valence electrons. The van der Waals surface area contributed by atoms with Gasteiger partial charge < -0.3 is 34.8 Å². The van der Waals surface area contributed by atoms with Gasteiger partial charge in [0, 0.05) is 6.92 Å². The van der Waals surface area contributed by atoms with Gasteiger partial charge in [0.25, 0.3) is 0 Å². The molecule has 5 aliphatic rings. The lowest BCUT2D eigenvalue weighted by molar-refractivity contribution is -0.272. The van der Waals surface area contributed by atoms with E-state index in [9.17, 15) is 20.1 Å². The third-order valence-corrected chi connectivity index (χ3v) is 13.2. The summed E-state index contributed by atoms with van der Waals surface area (Å²) >= 11 is 0. The molecule has 0 spiro atoms. The molecule has 1 aliphatic heterocycles. The molecule has 4 fully saturated rings. The zero-order valence-electron chi connectivity index (χ0n) is 28.9. The third kappa shape index (κ3) is 7.22. The summed E-state index contributed by atoms with van der Waals surface area (Å²) in [7, 11) is 0. The number of hydrogen-bond donors (Lipinski definition) is 4. The van der Waals surface area contributed by atoms with Crippen LogP contribution >= 0.6 is 0 Å². The maximum absolute atomic E-state index is 11.7. The van der Waals surface area contributed by atoms with Crippen molar-refractivity contribution in [2.45, 2.75) is 149 Å². The molecule has 1 amide bonds. The fraction of sp³-hybridized carbons (Fsp3) is 0.919. The van der Waals surface area contributed by atoms with Crippen LogP contribution in [0.1, 0.15) is 112 Å². The van der Waals surface area contributed by atoms with Gasteiger partial charge in [0.05, 0.1) is 25.9 Å². The van der Waals surface area contributed by atoms with Crippen molar-refractivity contribution in [3.8, 4) is 0 Å². The van der Waals surface area contributed by atoms with Gasteiger partial charge in [-0.15, -0.1) is 0 Å². The molecule has 1 heterocycles. The molecule has 8 heteroatoms. The maximum atomic E-state index is 11.7. The first-order valence-corrected chi connectivity index (χ1v) is 18.2. The third-order valence-electron chi connectivity index (χ3n) is 13.2. The SMILES string of the molecule is CC(=O)N[C@H]1[C@H](OCCOC2CC[C@@]3(C)C(=CC[C@H]4[C@@H]5CC[C@H]([C@H](C)CCCC(C)C)[C@@]5(C)CC[C@@H]43)C2)O[C@H](CO)[C@@H](O)[C@@H]1O. The number of rotatable bonds is 12. The molecule has 8 nitrogen and oxygen atoms in total. The average Bonchev–Trinajstić information content (AvgIpc) is 3.35. The van der Waals surface area contributed by atoms with Crippen LogP contribution in [-0.2, 0) is 19.0 Å². The van der Waals surface area contributed by atoms with Crippen molar-refractivity contribution >= 4 is 5.91 Å². The summed E-state index contributed by atoms with van der Waals surface area (Å²) in [6.45, 7) is 13.9. The van der Waals surface area contributed by atoms with Gasteiger partial charge in [0.15, 0.2) is 6.29 Å². The van der Waals surface area contributed by atoms with Crippen LogP contribution in [0.4, 0.5) is 0 Å². The fourth-order valence-electron chi connectivity index (χ4n) is 10.8. The van der Waals surface area contributed by atoms with Crippen LogP contribution in [0.5, 0.6) is 0 Å².